The summed E-state index contributed by atoms with van der Waals surface area (Å²) in [4.78, 5) is 13.0. The van der Waals surface area contributed by atoms with E-state index in [9.17, 15) is 30.3 Å². The van der Waals surface area contributed by atoms with Crippen molar-refractivity contribution in [1.29, 1.82) is 0 Å². The molecule has 9 nitrogen and oxygen atoms in total. The zero-order valence-electron chi connectivity index (χ0n) is 47.1. The summed E-state index contributed by atoms with van der Waals surface area (Å²) in [5, 5.41) is 54.5. The first-order valence-corrected chi connectivity index (χ1v) is 30.7. The number of carbonyl (C=O) groups excluding carboxylic acids is 1. The average Bonchev–Trinajstić information content (AvgIpc) is 3.39. The van der Waals surface area contributed by atoms with Crippen LogP contribution < -0.4 is 5.32 Å². The second kappa shape index (κ2) is 53.0. The summed E-state index contributed by atoms with van der Waals surface area (Å²) < 4.78 is 11.2. The van der Waals surface area contributed by atoms with E-state index in [1.54, 1.807) is 6.08 Å². The van der Waals surface area contributed by atoms with Gasteiger partial charge in [0.15, 0.2) is 6.29 Å². The van der Waals surface area contributed by atoms with Gasteiger partial charge in [0.25, 0.3) is 0 Å². The molecule has 1 heterocycles. The minimum Gasteiger partial charge on any atom is -0.394 e. The van der Waals surface area contributed by atoms with Gasteiger partial charge in [-0.25, -0.2) is 0 Å². The lowest BCUT2D eigenvalue weighted by molar-refractivity contribution is -0.302. The van der Waals surface area contributed by atoms with E-state index in [2.05, 4.69) is 79.9 Å². The third-order valence-electron chi connectivity index (χ3n) is 14.3. The molecule has 0 radical (unpaired) electrons. The molecule has 7 atom stereocenters. The number of ether oxygens (including phenoxy) is 2. The first-order valence-electron chi connectivity index (χ1n) is 30.7. The minimum absolute atomic E-state index is 0.210. The number of hydrogen-bond donors (Lipinski definition) is 6. The Hall–Kier alpha value is -2.37. The maximum Gasteiger partial charge on any atom is 0.220 e. The molecule has 6 N–H and O–H groups in total. The van der Waals surface area contributed by atoms with Gasteiger partial charge in [0.2, 0.25) is 5.91 Å². The van der Waals surface area contributed by atoms with Gasteiger partial charge in [-0.3, -0.25) is 4.79 Å². The quantitative estimate of drug-likeness (QED) is 0.0261. The monoisotopic (exact) mass is 1030 g/mol. The Morgan fingerprint density at radius 3 is 1.32 bits per heavy atom. The molecule has 73 heavy (non-hydrogen) atoms. The number of hydrogen-bond acceptors (Lipinski definition) is 8. The molecule has 0 saturated carbocycles. The summed E-state index contributed by atoms with van der Waals surface area (Å²) in [6, 6.07) is -0.840. The lowest BCUT2D eigenvalue weighted by Crippen LogP contribution is -2.60. The van der Waals surface area contributed by atoms with Crippen LogP contribution in [0.1, 0.15) is 271 Å². The van der Waals surface area contributed by atoms with E-state index in [1.165, 1.54) is 173 Å². The largest absolute Gasteiger partial charge is 0.394 e. The fourth-order valence-electron chi connectivity index (χ4n) is 9.46. The smallest absolute Gasteiger partial charge is 0.220 e. The Morgan fingerprint density at radius 2 is 0.863 bits per heavy atom. The molecule has 0 bridgehead atoms. The molecule has 0 aliphatic carbocycles. The summed E-state index contributed by atoms with van der Waals surface area (Å²) in [7, 11) is 0. The van der Waals surface area contributed by atoms with Crippen molar-refractivity contribution in [2.75, 3.05) is 13.2 Å². The summed E-state index contributed by atoms with van der Waals surface area (Å²) in [6.45, 7) is 3.65. The number of aliphatic hydroxyl groups is 5. The molecular formula is C64H115NO8. The number of carbonyl (C=O) groups is 1. The van der Waals surface area contributed by atoms with Gasteiger partial charge in [-0.15, -0.1) is 0 Å². The molecule has 0 aromatic carbocycles. The molecule has 1 amide bonds. The van der Waals surface area contributed by atoms with E-state index in [0.29, 0.717) is 6.42 Å². The van der Waals surface area contributed by atoms with Crippen LogP contribution in [0.5, 0.6) is 0 Å². The van der Waals surface area contributed by atoms with E-state index in [0.717, 1.165) is 77.0 Å². The molecule has 0 aromatic heterocycles. The van der Waals surface area contributed by atoms with Gasteiger partial charge in [-0.2, -0.15) is 0 Å². The molecule has 7 unspecified atom stereocenters. The summed E-state index contributed by atoms with van der Waals surface area (Å²) in [6.07, 6.45) is 67.1. The molecule has 0 spiro atoms. The van der Waals surface area contributed by atoms with Crippen molar-refractivity contribution < 1.29 is 39.8 Å². The second-order valence-corrected chi connectivity index (χ2v) is 21.1. The van der Waals surface area contributed by atoms with E-state index in [-0.39, 0.29) is 12.5 Å². The van der Waals surface area contributed by atoms with Crippen molar-refractivity contribution in [3.05, 3.63) is 72.9 Å². The fourth-order valence-corrected chi connectivity index (χ4v) is 9.46. The maximum absolute atomic E-state index is 13.0. The minimum atomic E-state index is -1.58. The Kier molecular flexibility index (Phi) is 49.9. The van der Waals surface area contributed by atoms with Crippen LogP contribution in [-0.4, -0.2) is 87.5 Å². The van der Waals surface area contributed by atoms with Gasteiger partial charge < -0.3 is 40.3 Å². The van der Waals surface area contributed by atoms with Gasteiger partial charge in [0.05, 0.1) is 25.4 Å². The van der Waals surface area contributed by atoms with Gasteiger partial charge >= 0.3 is 0 Å². The van der Waals surface area contributed by atoms with Crippen LogP contribution in [-0.2, 0) is 14.3 Å². The molecule has 1 aliphatic rings. The Balaban J connectivity index is 2.18. The number of unbranched alkanes of at least 4 members (excludes halogenated alkanes) is 32. The highest BCUT2D eigenvalue weighted by atomic mass is 16.7. The third-order valence-corrected chi connectivity index (χ3v) is 14.3. The number of rotatable bonds is 52. The highest BCUT2D eigenvalue weighted by Gasteiger charge is 2.44. The molecule has 9 heteroatoms. The van der Waals surface area contributed by atoms with E-state index in [1.807, 2.05) is 6.08 Å². The summed E-state index contributed by atoms with van der Waals surface area (Å²) in [5.74, 6) is -0.210. The number of nitrogens with one attached hydrogen (secondary N) is 1. The molecule has 1 rings (SSSR count). The predicted octanol–water partition coefficient (Wildman–Crippen LogP) is 15.6. The van der Waals surface area contributed by atoms with Crippen LogP contribution in [0.25, 0.3) is 0 Å². The first-order chi connectivity index (χ1) is 35.8. The van der Waals surface area contributed by atoms with E-state index in [4.69, 9.17) is 9.47 Å². The number of aliphatic hydroxyl groups excluding tert-OH is 5. The van der Waals surface area contributed by atoms with Gasteiger partial charge in [0, 0.05) is 6.42 Å². The van der Waals surface area contributed by atoms with E-state index < -0.39 is 49.5 Å². The summed E-state index contributed by atoms with van der Waals surface area (Å²) >= 11 is 0. The summed E-state index contributed by atoms with van der Waals surface area (Å²) in [5.41, 5.74) is 0. The van der Waals surface area contributed by atoms with Crippen LogP contribution in [0.2, 0.25) is 0 Å². The first kappa shape index (κ1) is 68.6. The fraction of sp³-hybridized carbons (Fsp3) is 0.797. The van der Waals surface area contributed by atoms with Crippen molar-refractivity contribution >= 4 is 5.91 Å². The van der Waals surface area contributed by atoms with Crippen LogP contribution in [0.4, 0.5) is 0 Å². The standard InChI is InChI=1S/C64H115NO8/c1-3-5-7-9-11-13-15-17-19-21-22-23-24-25-26-27-28-29-30-31-32-33-34-35-36-38-39-41-43-45-47-49-51-53-58(67)57(56-72-64-63(71)62(70)61(69)59(55-66)73-64)65-60(68)54-52-50-48-46-44-42-40-37-20-18-16-14-12-10-8-6-4-2/h6,8,12,14,18,20,40,42-43,45,51,53,57-59,61-64,66-67,69-71H,3-5,7,9-11,13,15-17,19,21-39,41,44,46-50,52,54-56H2,1-2H3,(H,65,68)/b8-6-,14-12-,20-18-,42-40-,45-43+,53-51+. The molecule has 0 aromatic rings. The van der Waals surface area contributed by atoms with E-state index >= 15 is 0 Å². The normalized spacial score (nSPS) is 19.6. The van der Waals surface area contributed by atoms with Crippen LogP contribution in [0, 0.1) is 0 Å². The van der Waals surface area contributed by atoms with Gasteiger partial charge in [-0.1, -0.05) is 267 Å². The van der Waals surface area contributed by atoms with Crippen LogP contribution in [0.3, 0.4) is 0 Å². The molecule has 1 fully saturated rings. The lowest BCUT2D eigenvalue weighted by Gasteiger charge is -2.40. The van der Waals surface area contributed by atoms with Crippen molar-refractivity contribution in [2.45, 2.75) is 314 Å². The second-order valence-electron chi connectivity index (χ2n) is 21.1. The topological polar surface area (TPSA) is 149 Å². The molecular weight excluding hydrogens is 911 g/mol. The zero-order valence-corrected chi connectivity index (χ0v) is 47.1. The number of amides is 1. The third kappa shape index (κ3) is 42.4. The number of allylic oxidation sites excluding steroid dienone is 11. The van der Waals surface area contributed by atoms with Crippen molar-refractivity contribution in [3.63, 3.8) is 0 Å². The Morgan fingerprint density at radius 1 is 0.479 bits per heavy atom. The van der Waals surface area contributed by atoms with Crippen molar-refractivity contribution in [2.24, 2.45) is 0 Å². The molecule has 1 saturated heterocycles. The molecule has 424 valence electrons. The highest BCUT2D eigenvalue weighted by molar-refractivity contribution is 5.76. The lowest BCUT2D eigenvalue weighted by atomic mass is 9.99. The SMILES string of the molecule is CC/C=C\C/C=C\C/C=C\C/C=C\CCCCCCC(=O)NC(COC1OC(CO)C(O)C(O)C1O)C(O)/C=C/CC/C=C/CCCCCCCCCCCCCCCCCCCCCCCCCCCCC. The maximum atomic E-state index is 13.0. The van der Waals surface area contributed by atoms with Crippen LogP contribution >= 0.6 is 0 Å². The Bertz CT molecular complexity index is 1380. The van der Waals surface area contributed by atoms with Gasteiger partial charge in [0.1, 0.15) is 24.4 Å². The van der Waals surface area contributed by atoms with Crippen LogP contribution in [0.15, 0.2) is 72.9 Å². The predicted molar refractivity (Wildman–Crippen MR) is 309 cm³/mol. The Labute approximate surface area is 448 Å². The average molecular weight is 1030 g/mol. The zero-order chi connectivity index (χ0) is 52.9. The molecule has 1 aliphatic heterocycles. The van der Waals surface area contributed by atoms with Gasteiger partial charge in [-0.05, 0) is 70.6 Å². The van der Waals surface area contributed by atoms with Crippen molar-refractivity contribution in [3.8, 4) is 0 Å². The van der Waals surface area contributed by atoms with Crippen molar-refractivity contribution in [1.82, 2.24) is 5.32 Å². The highest BCUT2D eigenvalue weighted by Crippen LogP contribution is 2.23.